The molecule has 0 unspecified atom stereocenters. The molecule has 1 amide bonds. The molecular formula is C25H37NO4. The minimum absolute atomic E-state index is 0.0981. The van der Waals surface area contributed by atoms with Gasteiger partial charge in [0.2, 0.25) is 5.91 Å². The summed E-state index contributed by atoms with van der Waals surface area (Å²) < 4.78 is 5.16. The summed E-state index contributed by atoms with van der Waals surface area (Å²) >= 11 is 0. The highest BCUT2D eigenvalue weighted by atomic mass is 16.5. The van der Waals surface area contributed by atoms with Crippen LogP contribution in [0, 0.1) is 0 Å². The smallest absolute Gasteiger partial charge is 0.305 e. The van der Waals surface area contributed by atoms with Crippen molar-refractivity contribution in [3.8, 4) is 0 Å². The Bertz CT molecular complexity index is 658. The van der Waals surface area contributed by atoms with E-state index in [-0.39, 0.29) is 17.9 Å². The summed E-state index contributed by atoms with van der Waals surface area (Å²) in [7, 11) is 0. The molecule has 1 aliphatic heterocycles. The third-order valence-electron chi connectivity index (χ3n) is 5.48. The van der Waals surface area contributed by atoms with Crippen molar-refractivity contribution in [2.75, 3.05) is 13.2 Å². The molecule has 1 aromatic rings. The molecule has 0 saturated carbocycles. The average molecular weight is 416 g/mol. The van der Waals surface area contributed by atoms with Gasteiger partial charge < -0.3 is 14.7 Å². The molecule has 1 fully saturated rings. The van der Waals surface area contributed by atoms with Crippen LogP contribution in [0.3, 0.4) is 0 Å². The van der Waals surface area contributed by atoms with Crippen molar-refractivity contribution in [2.45, 2.75) is 83.3 Å². The maximum Gasteiger partial charge on any atom is 0.305 e. The molecule has 1 heterocycles. The fraction of sp³-hybridized carbons (Fsp3) is 0.600. The first kappa shape index (κ1) is 24.1. The number of ether oxygens (including phenoxy) is 1. The summed E-state index contributed by atoms with van der Waals surface area (Å²) in [5.41, 5.74) is 1.11. The summed E-state index contributed by atoms with van der Waals surface area (Å²) in [5, 5.41) is 10.3. The molecule has 2 rings (SSSR count). The molecule has 1 aliphatic rings. The number of esters is 1. The summed E-state index contributed by atoms with van der Waals surface area (Å²) in [4.78, 5) is 25.5. The molecule has 0 bridgehead atoms. The molecule has 5 nitrogen and oxygen atoms in total. The number of aliphatic hydroxyl groups excluding tert-OH is 1. The van der Waals surface area contributed by atoms with Gasteiger partial charge in [0, 0.05) is 25.8 Å². The fourth-order valence-electron chi connectivity index (χ4n) is 3.80. The van der Waals surface area contributed by atoms with Gasteiger partial charge in [-0.1, -0.05) is 68.7 Å². The van der Waals surface area contributed by atoms with Crippen LogP contribution in [0.2, 0.25) is 0 Å². The fourth-order valence-corrected chi connectivity index (χ4v) is 3.80. The van der Waals surface area contributed by atoms with Crippen molar-refractivity contribution in [1.29, 1.82) is 0 Å². The van der Waals surface area contributed by atoms with Gasteiger partial charge in [-0.05, 0) is 31.2 Å². The molecule has 0 aliphatic carbocycles. The molecule has 30 heavy (non-hydrogen) atoms. The molecule has 166 valence electrons. The molecule has 0 spiro atoms. The van der Waals surface area contributed by atoms with Gasteiger partial charge in [-0.2, -0.15) is 0 Å². The minimum Gasteiger partial charge on any atom is -0.466 e. The van der Waals surface area contributed by atoms with Crippen molar-refractivity contribution >= 4 is 11.9 Å². The highest BCUT2D eigenvalue weighted by molar-refractivity contribution is 5.79. The van der Waals surface area contributed by atoms with E-state index in [2.05, 4.69) is 0 Å². The number of benzene rings is 1. The summed E-state index contributed by atoms with van der Waals surface area (Å²) in [6.07, 6.45) is 11.7. The lowest BCUT2D eigenvalue weighted by atomic mass is 10.1. The first-order valence-electron chi connectivity index (χ1n) is 11.5. The molecule has 1 aromatic carbocycles. The second kappa shape index (κ2) is 14.0. The number of carbonyl (C=O) groups is 2. The number of hydrogen-bond donors (Lipinski definition) is 1. The van der Waals surface area contributed by atoms with Gasteiger partial charge >= 0.3 is 5.97 Å². The molecule has 1 saturated heterocycles. The quantitative estimate of drug-likeness (QED) is 0.277. The van der Waals surface area contributed by atoms with Gasteiger partial charge in [-0.15, -0.1) is 0 Å². The summed E-state index contributed by atoms with van der Waals surface area (Å²) in [5.74, 6) is 0.114. The van der Waals surface area contributed by atoms with Crippen LogP contribution in [0.4, 0.5) is 0 Å². The Morgan fingerprint density at radius 3 is 2.70 bits per heavy atom. The highest BCUT2D eigenvalue weighted by Crippen LogP contribution is 2.21. The maximum absolute atomic E-state index is 12.2. The van der Waals surface area contributed by atoms with E-state index in [1.807, 2.05) is 54.3 Å². The van der Waals surface area contributed by atoms with Crippen LogP contribution < -0.4 is 0 Å². The normalized spacial score (nSPS) is 17.6. The Hall–Kier alpha value is -2.14. The first-order valence-corrected chi connectivity index (χ1v) is 11.5. The molecule has 2 atom stereocenters. The van der Waals surface area contributed by atoms with Gasteiger partial charge in [0.05, 0.1) is 18.8 Å². The predicted octanol–water partition coefficient (Wildman–Crippen LogP) is 4.43. The number of rotatable bonds is 14. The zero-order valence-corrected chi connectivity index (χ0v) is 18.3. The highest BCUT2D eigenvalue weighted by Gasteiger charge is 2.28. The lowest BCUT2D eigenvalue weighted by Gasteiger charge is -2.22. The Morgan fingerprint density at radius 2 is 1.93 bits per heavy atom. The Kier molecular flexibility index (Phi) is 11.2. The Morgan fingerprint density at radius 1 is 1.20 bits per heavy atom. The SMILES string of the molecule is CCCC(=O)OCCCCCCCN1C(=O)CC[C@@H]1/C=C/[C@@H](O)Cc1ccccc1. The van der Waals surface area contributed by atoms with Crippen LogP contribution >= 0.6 is 0 Å². The van der Waals surface area contributed by atoms with Gasteiger partial charge in [0.1, 0.15) is 0 Å². The zero-order valence-electron chi connectivity index (χ0n) is 18.3. The molecule has 1 N–H and O–H groups in total. The van der Waals surface area contributed by atoms with Crippen molar-refractivity contribution < 1.29 is 19.4 Å². The number of carbonyl (C=O) groups excluding carboxylic acids is 2. The zero-order chi connectivity index (χ0) is 21.6. The van der Waals surface area contributed by atoms with Crippen molar-refractivity contribution in [3.05, 3.63) is 48.0 Å². The number of aliphatic hydroxyl groups is 1. The van der Waals surface area contributed by atoms with Crippen LogP contribution in [0.15, 0.2) is 42.5 Å². The van der Waals surface area contributed by atoms with Crippen molar-refractivity contribution in [2.24, 2.45) is 0 Å². The lowest BCUT2D eigenvalue weighted by Crippen LogP contribution is -2.32. The van der Waals surface area contributed by atoms with Gasteiger partial charge in [-0.3, -0.25) is 9.59 Å². The van der Waals surface area contributed by atoms with Gasteiger partial charge in [-0.25, -0.2) is 0 Å². The topological polar surface area (TPSA) is 66.8 Å². The third-order valence-corrected chi connectivity index (χ3v) is 5.48. The molecule has 5 heteroatoms. The van der Waals surface area contributed by atoms with Crippen LogP contribution in [0.5, 0.6) is 0 Å². The van der Waals surface area contributed by atoms with Crippen LogP contribution in [-0.4, -0.2) is 47.2 Å². The van der Waals surface area contributed by atoms with E-state index in [9.17, 15) is 14.7 Å². The monoisotopic (exact) mass is 415 g/mol. The lowest BCUT2D eigenvalue weighted by molar-refractivity contribution is -0.143. The average Bonchev–Trinajstić information content (AvgIpc) is 3.09. The van der Waals surface area contributed by atoms with E-state index in [0.29, 0.717) is 25.9 Å². The van der Waals surface area contributed by atoms with Crippen molar-refractivity contribution in [3.63, 3.8) is 0 Å². The Balaban J connectivity index is 1.62. The summed E-state index contributed by atoms with van der Waals surface area (Å²) in [6.45, 7) is 3.26. The standard InChI is InChI=1S/C25H37NO4/c1-2-11-25(29)30-19-10-5-3-4-9-18-26-22(15-17-24(26)28)14-16-23(27)20-21-12-7-6-8-13-21/h6-8,12-14,16,22-23,27H,2-5,9-11,15,17-20H2,1H3/b16-14+/t22-,23+/m0/s1. The number of hydrogen-bond acceptors (Lipinski definition) is 4. The van der Waals surface area contributed by atoms with Gasteiger partial charge in [0.15, 0.2) is 0 Å². The van der Waals surface area contributed by atoms with E-state index < -0.39 is 6.10 Å². The second-order valence-electron chi connectivity index (χ2n) is 8.07. The molecule has 0 aromatic heterocycles. The molecule has 0 radical (unpaired) electrons. The van der Waals surface area contributed by atoms with Crippen LogP contribution in [0.25, 0.3) is 0 Å². The maximum atomic E-state index is 12.2. The first-order chi connectivity index (χ1) is 14.6. The second-order valence-corrected chi connectivity index (χ2v) is 8.07. The van der Waals surface area contributed by atoms with Crippen molar-refractivity contribution in [1.82, 2.24) is 4.90 Å². The van der Waals surface area contributed by atoms with E-state index in [0.717, 1.165) is 57.1 Å². The number of amides is 1. The van der Waals surface area contributed by atoms with Crippen LogP contribution in [-0.2, 0) is 20.7 Å². The number of nitrogens with zero attached hydrogens (tertiary/aromatic N) is 1. The number of likely N-dealkylation sites (tertiary alicyclic amines) is 1. The third kappa shape index (κ3) is 9.12. The minimum atomic E-state index is -0.531. The Labute approximate surface area is 181 Å². The van der Waals surface area contributed by atoms with E-state index in [4.69, 9.17) is 4.74 Å². The summed E-state index contributed by atoms with van der Waals surface area (Å²) in [6, 6.07) is 10.0. The molecular weight excluding hydrogens is 378 g/mol. The van der Waals surface area contributed by atoms with E-state index >= 15 is 0 Å². The van der Waals surface area contributed by atoms with E-state index in [1.54, 1.807) is 0 Å². The largest absolute Gasteiger partial charge is 0.466 e. The predicted molar refractivity (Wildman–Crippen MR) is 119 cm³/mol. The number of unbranched alkanes of at least 4 members (excludes halogenated alkanes) is 4. The van der Waals surface area contributed by atoms with E-state index in [1.165, 1.54) is 0 Å². The van der Waals surface area contributed by atoms with Gasteiger partial charge in [0.25, 0.3) is 0 Å². The van der Waals surface area contributed by atoms with Crippen LogP contribution in [0.1, 0.15) is 70.3 Å².